The molecular formula is C22H27ClN2O6S. The average molecular weight is 483 g/mol. The second-order valence-corrected chi connectivity index (χ2v) is 9.72. The molecule has 0 saturated carbocycles. The lowest BCUT2D eigenvalue weighted by molar-refractivity contribution is -0.130. The Hall–Kier alpha value is -2.17. The van der Waals surface area contributed by atoms with Gasteiger partial charge < -0.3 is 19.9 Å². The first-order valence-corrected chi connectivity index (χ1v) is 12.1. The lowest BCUT2D eigenvalue weighted by Crippen LogP contribution is -2.51. The van der Waals surface area contributed by atoms with Crippen molar-refractivity contribution in [1.29, 1.82) is 0 Å². The van der Waals surface area contributed by atoms with Crippen molar-refractivity contribution in [1.82, 2.24) is 10.0 Å². The van der Waals surface area contributed by atoms with Gasteiger partial charge in [-0.1, -0.05) is 29.8 Å². The third kappa shape index (κ3) is 6.66. The van der Waals surface area contributed by atoms with Crippen molar-refractivity contribution in [3.8, 4) is 5.75 Å². The van der Waals surface area contributed by atoms with E-state index in [1.54, 1.807) is 24.3 Å². The van der Waals surface area contributed by atoms with Crippen LogP contribution in [0.3, 0.4) is 0 Å². The molecule has 3 N–H and O–H groups in total. The van der Waals surface area contributed by atoms with E-state index >= 15 is 0 Å². The Bertz CT molecular complexity index is 1020. The molecule has 8 nitrogen and oxygen atoms in total. The molecule has 32 heavy (non-hydrogen) atoms. The van der Waals surface area contributed by atoms with Crippen LogP contribution in [0.4, 0.5) is 0 Å². The maximum absolute atomic E-state index is 12.8. The van der Waals surface area contributed by atoms with E-state index in [0.717, 1.165) is 5.56 Å². The van der Waals surface area contributed by atoms with Crippen molar-refractivity contribution in [3.05, 3.63) is 59.1 Å². The monoisotopic (exact) mass is 482 g/mol. The highest BCUT2D eigenvalue weighted by Crippen LogP contribution is 2.24. The molecule has 1 saturated heterocycles. The van der Waals surface area contributed by atoms with Crippen molar-refractivity contribution in [3.63, 3.8) is 0 Å². The van der Waals surface area contributed by atoms with Crippen LogP contribution < -0.4 is 14.8 Å². The number of aliphatic hydroxyl groups excluding tert-OH is 1. The van der Waals surface area contributed by atoms with Crippen molar-refractivity contribution in [2.24, 2.45) is 0 Å². The molecule has 2 aromatic rings. The summed E-state index contributed by atoms with van der Waals surface area (Å²) >= 11 is 5.86. The summed E-state index contributed by atoms with van der Waals surface area (Å²) in [4.78, 5) is 12.4. The van der Waals surface area contributed by atoms with Gasteiger partial charge in [0.15, 0.2) is 0 Å². The van der Waals surface area contributed by atoms with Gasteiger partial charge in [-0.15, -0.1) is 0 Å². The Labute approximate surface area is 192 Å². The van der Waals surface area contributed by atoms with Crippen LogP contribution in [0.25, 0.3) is 0 Å². The van der Waals surface area contributed by atoms with Crippen LogP contribution in [0.15, 0.2) is 53.4 Å². The molecule has 1 heterocycles. The zero-order valence-corrected chi connectivity index (χ0v) is 19.2. The topological polar surface area (TPSA) is 114 Å². The summed E-state index contributed by atoms with van der Waals surface area (Å²) in [6, 6.07) is 12.7. The summed E-state index contributed by atoms with van der Waals surface area (Å²) in [7, 11) is -2.37. The fourth-order valence-electron chi connectivity index (χ4n) is 3.53. The zero-order chi connectivity index (χ0) is 23.1. The highest BCUT2D eigenvalue weighted by Gasteiger charge is 2.34. The molecule has 0 unspecified atom stereocenters. The molecule has 3 atom stereocenters. The largest absolute Gasteiger partial charge is 0.497 e. The molecule has 0 aromatic heterocycles. The van der Waals surface area contributed by atoms with E-state index in [4.69, 9.17) is 21.1 Å². The summed E-state index contributed by atoms with van der Waals surface area (Å²) in [5.41, 5.74) is 0.924. The van der Waals surface area contributed by atoms with Gasteiger partial charge in [0.25, 0.3) is 0 Å². The SMILES string of the molecule is COc1cccc(S(=O)(=O)N[C@H]2CC[C@@H](CC(=O)NCc3ccc(Cl)cc3)O[C@@H]2CO)c1. The van der Waals surface area contributed by atoms with Crippen LogP contribution in [0.5, 0.6) is 5.75 Å². The molecule has 10 heteroatoms. The number of carbonyl (C=O) groups excluding carboxylic acids is 1. The highest BCUT2D eigenvalue weighted by molar-refractivity contribution is 7.89. The normalized spacial score (nSPS) is 21.2. The number of hydrogen-bond acceptors (Lipinski definition) is 6. The standard InChI is InChI=1S/C22H27ClN2O6S/c1-30-17-3-2-4-19(11-17)32(28,29)25-20-10-9-18(31-21(20)14-26)12-22(27)24-13-15-5-7-16(23)8-6-15/h2-8,11,18,20-21,25-26H,9-10,12-14H2,1H3,(H,24,27)/t18-,20-,21+/m0/s1. The van der Waals surface area contributed by atoms with Crippen LogP contribution in [0, 0.1) is 0 Å². The number of benzene rings is 2. The van der Waals surface area contributed by atoms with Crippen LogP contribution in [-0.2, 0) is 26.1 Å². The van der Waals surface area contributed by atoms with Gasteiger partial charge in [0.2, 0.25) is 15.9 Å². The van der Waals surface area contributed by atoms with Crippen molar-refractivity contribution in [2.45, 2.75) is 49.0 Å². The average Bonchev–Trinajstić information content (AvgIpc) is 2.79. The van der Waals surface area contributed by atoms with Crippen LogP contribution in [-0.4, -0.2) is 51.4 Å². The molecule has 0 bridgehead atoms. The smallest absolute Gasteiger partial charge is 0.241 e. The van der Waals surface area contributed by atoms with Crippen LogP contribution in [0.2, 0.25) is 5.02 Å². The number of methoxy groups -OCH3 is 1. The van der Waals surface area contributed by atoms with E-state index < -0.39 is 28.3 Å². The third-order valence-electron chi connectivity index (χ3n) is 5.27. The zero-order valence-electron chi connectivity index (χ0n) is 17.7. The molecule has 1 aliphatic heterocycles. The molecule has 1 amide bonds. The number of carbonyl (C=O) groups is 1. The summed E-state index contributed by atoms with van der Waals surface area (Å²) in [5.74, 6) is 0.244. The minimum Gasteiger partial charge on any atom is -0.497 e. The molecule has 2 aromatic carbocycles. The molecular weight excluding hydrogens is 456 g/mol. The first-order chi connectivity index (χ1) is 15.3. The Morgan fingerprint density at radius 3 is 2.66 bits per heavy atom. The van der Waals surface area contributed by atoms with Crippen LogP contribution in [0.1, 0.15) is 24.8 Å². The lowest BCUT2D eigenvalue weighted by Gasteiger charge is -2.35. The quantitative estimate of drug-likeness (QED) is 0.505. The number of ether oxygens (including phenoxy) is 2. The van der Waals surface area contributed by atoms with Gasteiger partial charge in [0.1, 0.15) is 5.75 Å². The molecule has 0 aliphatic carbocycles. The van der Waals surface area contributed by atoms with Crippen molar-refractivity contribution < 1.29 is 27.8 Å². The molecule has 0 spiro atoms. The van der Waals surface area contributed by atoms with Gasteiger partial charge >= 0.3 is 0 Å². The predicted octanol–water partition coefficient (Wildman–Crippen LogP) is 2.24. The lowest BCUT2D eigenvalue weighted by atomic mass is 9.98. The van der Waals surface area contributed by atoms with E-state index in [-0.39, 0.29) is 23.8 Å². The van der Waals surface area contributed by atoms with Gasteiger partial charge in [-0.2, -0.15) is 0 Å². The minimum absolute atomic E-state index is 0.0669. The van der Waals surface area contributed by atoms with E-state index in [9.17, 15) is 18.3 Å². The van der Waals surface area contributed by atoms with E-state index in [1.165, 1.54) is 19.2 Å². The first-order valence-electron chi connectivity index (χ1n) is 10.2. The second kappa shape index (κ2) is 11.1. The molecule has 1 aliphatic rings. The van der Waals surface area contributed by atoms with Gasteiger partial charge in [-0.25, -0.2) is 13.1 Å². The fraction of sp³-hybridized carbons (Fsp3) is 0.409. The summed E-state index contributed by atoms with van der Waals surface area (Å²) in [6.07, 6.45) is -0.118. The molecule has 1 fully saturated rings. The number of amides is 1. The van der Waals surface area contributed by atoms with E-state index in [1.807, 2.05) is 12.1 Å². The fourth-order valence-corrected chi connectivity index (χ4v) is 4.99. The van der Waals surface area contributed by atoms with Gasteiger partial charge in [-0.3, -0.25) is 4.79 Å². The Kier molecular flexibility index (Phi) is 8.50. The van der Waals surface area contributed by atoms with Gasteiger partial charge in [0.05, 0.1) is 43.3 Å². The Morgan fingerprint density at radius 1 is 1.22 bits per heavy atom. The molecule has 174 valence electrons. The third-order valence-corrected chi connectivity index (χ3v) is 7.01. The number of rotatable bonds is 9. The van der Waals surface area contributed by atoms with Crippen molar-refractivity contribution in [2.75, 3.05) is 13.7 Å². The maximum Gasteiger partial charge on any atom is 0.241 e. The van der Waals surface area contributed by atoms with Gasteiger partial charge in [-0.05, 0) is 42.7 Å². The number of sulfonamides is 1. The number of hydrogen-bond donors (Lipinski definition) is 3. The first kappa shape index (κ1) is 24.5. The van der Waals surface area contributed by atoms with E-state index in [0.29, 0.717) is 30.2 Å². The minimum atomic E-state index is -3.83. The molecule has 3 rings (SSSR count). The summed E-state index contributed by atoms with van der Waals surface area (Å²) in [5, 5.41) is 13.2. The Balaban J connectivity index is 1.53. The predicted molar refractivity (Wildman–Crippen MR) is 120 cm³/mol. The van der Waals surface area contributed by atoms with Crippen molar-refractivity contribution >= 4 is 27.5 Å². The number of nitrogens with one attached hydrogen (secondary N) is 2. The summed E-state index contributed by atoms with van der Waals surface area (Å²) in [6.45, 7) is 0.00328. The molecule has 0 radical (unpaired) electrons. The second-order valence-electron chi connectivity index (χ2n) is 7.57. The summed E-state index contributed by atoms with van der Waals surface area (Å²) < 4.78 is 39.0. The Morgan fingerprint density at radius 2 is 1.97 bits per heavy atom. The number of aliphatic hydroxyl groups is 1. The van der Waals surface area contributed by atoms with Gasteiger partial charge in [0, 0.05) is 17.6 Å². The maximum atomic E-state index is 12.8. The number of halogens is 1. The highest BCUT2D eigenvalue weighted by atomic mass is 35.5. The van der Waals surface area contributed by atoms with E-state index in [2.05, 4.69) is 10.0 Å². The van der Waals surface area contributed by atoms with Crippen LogP contribution >= 0.6 is 11.6 Å².